The summed E-state index contributed by atoms with van der Waals surface area (Å²) in [5.41, 5.74) is 5.52. The minimum atomic E-state index is -0.296. The average molecular weight is 449 g/mol. The number of carbonyl (C=O) groups excluding carboxylic acids is 1. The van der Waals surface area contributed by atoms with Crippen LogP contribution in [0.15, 0.2) is 88.4 Å². The minimum Gasteiger partial charge on any atom is -0.496 e. The van der Waals surface area contributed by atoms with Gasteiger partial charge in [0.25, 0.3) is 0 Å². The molecule has 3 aromatic carbocycles. The maximum Gasteiger partial charge on any atom is 0.244 e. The zero-order chi connectivity index (χ0) is 20.3. The van der Waals surface area contributed by atoms with E-state index in [2.05, 4.69) is 50.7 Å². The largest absolute Gasteiger partial charge is 0.496 e. The Morgan fingerprint density at radius 1 is 1.07 bits per heavy atom. The van der Waals surface area contributed by atoms with Gasteiger partial charge in [0.15, 0.2) is 0 Å². The van der Waals surface area contributed by atoms with E-state index in [0.29, 0.717) is 5.75 Å². The van der Waals surface area contributed by atoms with Crippen molar-refractivity contribution in [3.8, 4) is 5.75 Å². The SMILES string of the molecule is COc1ccc(Br)cc1/C=N\NC(=O)C1CC1(c1ccccc1)c1ccccc1. The molecule has 1 unspecified atom stereocenters. The molecule has 4 nitrogen and oxygen atoms in total. The highest BCUT2D eigenvalue weighted by Gasteiger charge is 2.60. The van der Waals surface area contributed by atoms with Crippen molar-refractivity contribution in [2.24, 2.45) is 11.0 Å². The lowest BCUT2D eigenvalue weighted by Gasteiger charge is -2.18. The Labute approximate surface area is 178 Å². The van der Waals surface area contributed by atoms with Crippen LogP contribution in [0.3, 0.4) is 0 Å². The summed E-state index contributed by atoms with van der Waals surface area (Å²) in [6.07, 6.45) is 2.37. The van der Waals surface area contributed by atoms with E-state index < -0.39 is 0 Å². The smallest absolute Gasteiger partial charge is 0.244 e. The Morgan fingerprint density at radius 3 is 2.28 bits per heavy atom. The van der Waals surface area contributed by atoms with Crippen LogP contribution in [0.2, 0.25) is 0 Å². The van der Waals surface area contributed by atoms with Gasteiger partial charge in [-0.3, -0.25) is 4.79 Å². The van der Waals surface area contributed by atoms with Gasteiger partial charge in [-0.1, -0.05) is 76.6 Å². The summed E-state index contributed by atoms with van der Waals surface area (Å²) >= 11 is 3.44. The Morgan fingerprint density at radius 2 is 1.69 bits per heavy atom. The van der Waals surface area contributed by atoms with Crippen molar-refractivity contribution in [2.75, 3.05) is 7.11 Å². The highest BCUT2D eigenvalue weighted by Crippen LogP contribution is 2.58. The predicted octanol–water partition coefficient (Wildman–Crippen LogP) is 4.91. The Hall–Kier alpha value is -2.92. The first-order valence-electron chi connectivity index (χ1n) is 9.42. The number of amides is 1. The molecule has 146 valence electrons. The molecular formula is C24H21BrN2O2. The number of hydrogen-bond acceptors (Lipinski definition) is 3. The molecule has 0 heterocycles. The summed E-state index contributed by atoms with van der Waals surface area (Å²) in [6.45, 7) is 0. The van der Waals surface area contributed by atoms with Crippen LogP contribution in [0.1, 0.15) is 23.1 Å². The van der Waals surface area contributed by atoms with Crippen molar-refractivity contribution in [1.29, 1.82) is 0 Å². The number of nitrogens with one attached hydrogen (secondary N) is 1. The number of halogens is 1. The van der Waals surface area contributed by atoms with E-state index in [1.54, 1.807) is 13.3 Å². The van der Waals surface area contributed by atoms with Crippen LogP contribution in [-0.4, -0.2) is 19.2 Å². The molecule has 4 rings (SSSR count). The fraction of sp³-hybridized carbons (Fsp3) is 0.167. The van der Waals surface area contributed by atoms with Crippen molar-refractivity contribution in [3.63, 3.8) is 0 Å². The van der Waals surface area contributed by atoms with Crippen molar-refractivity contribution >= 4 is 28.1 Å². The van der Waals surface area contributed by atoms with Crippen molar-refractivity contribution in [2.45, 2.75) is 11.8 Å². The molecule has 1 atom stereocenters. The third kappa shape index (κ3) is 3.83. The van der Waals surface area contributed by atoms with E-state index in [1.165, 1.54) is 0 Å². The summed E-state index contributed by atoms with van der Waals surface area (Å²) in [6, 6.07) is 26.1. The molecule has 1 amide bonds. The number of carbonyl (C=O) groups is 1. The van der Waals surface area contributed by atoms with Gasteiger partial charge in [-0.2, -0.15) is 5.10 Å². The molecule has 1 aliphatic rings. The quantitative estimate of drug-likeness (QED) is 0.429. The Kier molecular flexibility index (Phi) is 5.49. The summed E-state index contributed by atoms with van der Waals surface area (Å²) in [5.74, 6) is 0.456. The number of hydrazone groups is 1. The molecule has 5 heteroatoms. The first-order valence-corrected chi connectivity index (χ1v) is 10.2. The van der Waals surface area contributed by atoms with Gasteiger partial charge in [0.1, 0.15) is 5.75 Å². The number of ether oxygens (including phenoxy) is 1. The molecule has 0 spiro atoms. The molecule has 29 heavy (non-hydrogen) atoms. The number of benzene rings is 3. The molecule has 1 fully saturated rings. The number of nitrogens with zero attached hydrogens (tertiary/aromatic N) is 1. The second-order valence-corrected chi connectivity index (χ2v) is 8.00. The molecule has 0 aliphatic heterocycles. The molecule has 0 saturated heterocycles. The van der Waals surface area contributed by atoms with Crippen LogP contribution < -0.4 is 10.2 Å². The first kappa shape index (κ1) is 19.4. The van der Waals surface area contributed by atoms with Crippen molar-refractivity contribution < 1.29 is 9.53 Å². The van der Waals surface area contributed by atoms with Gasteiger partial charge >= 0.3 is 0 Å². The van der Waals surface area contributed by atoms with Gasteiger partial charge in [-0.25, -0.2) is 5.43 Å². The first-order chi connectivity index (χ1) is 14.1. The third-order valence-corrected chi connectivity index (χ3v) is 5.92. The standard InChI is InChI=1S/C24H21BrN2O2/c1-29-22-13-12-20(25)14-17(22)16-26-27-23(28)21-15-24(21,18-8-4-2-5-9-18)19-10-6-3-7-11-19/h2-14,16,21H,15H2,1H3,(H,27,28)/b26-16-. The number of methoxy groups -OCH3 is 1. The molecular weight excluding hydrogens is 428 g/mol. The van der Waals surface area contributed by atoms with Crippen LogP contribution in [0.4, 0.5) is 0 Å². The van der Waals surface area contributed by atoms with Gasteiger partial charge in [0, 0.05) is 15.5 Å². The summed E-state index contributed by atoms with van der Waals surface area (Å²) in [7, 11) is 1.61. The number of hydrogen-bond donors (Lipinski definition) is 1. The van der Waals surface area contributed by atoms with Gasteiger partial charge in [-0.05, 0) is 35.7 Å². The van der Waals surface area contributed by atoms with Crippen LogP contribution in [0, 0.1) is 5.92 Å². The topological polar surface area (TPSA) is 50.7 Å². The maximum absolute atomic E-state index is 12.9. The van der Waals surface area contributed by atoms with E-state index in [-0.39, 0.29) is 17.2 Å². The fourth-order valence-electron chi connectivity index (χ4n) is 3.90. The summed E-state index contributed by atoms with van der Waals surface area (Å²) < 4.78 is 6.26. The van der Waals surface area contributed by atoms with E-state index in [9.17, 15) is 4.79 Å². The highest BCUT2D eigenvalue weighted by molar-refractivity contribution is 9.10. The lowest BCUT2D eigenvalue weighted by atomic mass is 9.85. The summed E-state index contributed by atoms with van der Waals surface area (Å²) in [4.78, 5) is 12.9. The molecule has 1 N–H and O–H groups in total. The maximum atomic E-state index is 12.9. The van der Waals surface area contributed by atoms with E-state index in [1.807, 2.05) is 54.6 Å². The zero-order valence-corrected chi connectivity index (χ0v) is 17.6. The second kappa shape index (κ2) is 8.21. The number of rotatable bonds is 6. The molecule has 1 aliphatic carbocycles. The third-order valence-electron chi connectivity index (χ3n) is 5.43. The molecule has 0 bridgehead atoms. The Bertz CT molecular complexity index is 996. The van der Waals surface area contributed by atoms with E-state index >= 15 is 0 Å². The van der Waals surface area contributed by atoms with E-state index in [4.69, 9.17) is 4.74 Å². The predicted molar refractivity (Wildman–Crippen MR) is 118 cm³/mol. The van der Waals surface area contributed by atoms with Gasteiger partial charge in [0.05, 0.1) is 19.2 Å². The zero-order valence-electron chi connectivity index (χ0n) is 16.0. The second-order valence-electron chi connectivity index (χ2n) is 7.08. The average Bonchev–Trinajstić information content (AvgIpc) is 3.52. The van der Waals surface area contributed by atoms with Gasteiger partial charge in [0.2, 0.25) is 5.91 Å². The van der Waals surface area contributed by atoms with Crippen LogP contribution >= 0.6 is 15.9 Å². The van der Waals surface area contributed by atoms with Crippen LogP contribution in [-0.2, 0) is 10.2 Å². The normalized spacial score (nSPS) is 17.1. The summed E-state index contributed by atoms with van der Waals surface area (Å²) in [5, 5.41) is 4.18. The van der Waals surface area contributed by atoms with Crippen LogP contribution in [0.5, 0.6) is 5.75 Å². The minimum absolute atomic E-state index is 0.0806. The van der Waals surface area contributed by atoms with Crippen molar-refractivity contribution in [3.05, 3.63) is 100 Å². The van der Waals surface area contributed by atoms with E-state index in [0.717, 1.165) is 27.6 Å². The fourth-order valence-corrected chi connectivity index (χ4v) is 4.28. The van der Waals surface area contributed by atoms with Crippen molar-refractivity contribution in [1.82, 2.24) is 5.43 Å². The lowest BCUT2D eigenvalue weighted by molar-refractivity contribution is -0.122. The van der Waals surface area contributed by atoms with Gasteiger partial charge < -0.3 is 4.74 Å². The molecule has 1 saturated carbocycles. The molecule has 0 radical (unpaired) electrons. The molecule has 3 aromatic rings. The van der Waals surface area contributed by atoms with Crippen LogP contribution in [0.25, 0.3) is 0 Å². The van der Waals surface area contributed by atoms with Gasteiger partial charge in [-0.15, -0.1) is 0 Å². The highest BCUT2D eigenvalue weighted by atomic mass is 79.9. The monoisotopic (exact) mass is 448 g/mol. The Balaban J connectivity index is 1.54. The molecule has 0 aromatic heterocycles. The lowest BCUT2D eigenvalue weighted by Crippen LogP contribution is -2.25.